The topological polar surface area (TPSA) is 12.5 Å². The van der Waals surface area contributed by atoms with Crippen molar-refractivity contribution in [3.63, 3.8) is 0 Å². The molecule has 2 nitrogen and oxygen atoms in total. The van der Waals surface area contributed by atoms with Crippen LogP contribution in [-0.4, -0.2) is 26.3 Å². The van der Waals surface area contributed by atoms with Gasteiger partial charge in [-0.2, -0.15) is 0 Å². The van der Waals surface area contributed by atoms with Gasteiger partial charge >= 0.3 is 0 Å². The Bertz CT molecular complexity index is 411. The molecule has 2 unspecified atom stereocenters. The third-order valence-corrected chi connectivity index (χ3v) is 4.38. The number of alkyl halides is 1. The number of hydrogen-bond acceptors (Lipinski definition) is 2. The quantitative estimate of drug-likeness (QED) is 0.781. The summed E-state index contributed by atoms with van der Waals surface area (Å²) in [6, 6.07) is 6.10. The van der Waals surface area contributed by atoms with Gasteiger partial charge < -0.3 is 9.64 Å². The Morgan fingerprint density at radius 1 is 1.44 bits per heavy atom. The first-order valence-electron chi connectivity index (χ1n) is 6.28. The van der Waals surface area contributed by atoms with E-state index in [9.17, 15) is 0 Å². The number of anilines is 1. The van der Waals surface area contributed by atoms with Gasteiger partial charge in [-0.15, -0.1) is 11.6 Å². The van der Waals surface area contributed by atoms with Crippen molar-refractivity contribution in [2.24, 2.45) is 5.92 Å². The largest absolute Gasteiger partial charge is 0.379 e. The molecule has 1 aliphatic heterocycles. The molecule has 0 saturated carbocycles. The van der Waals surface area contributed by atoms with Crippen LogP contribution in [-0.2, 0) is 10.6 Å². The molecule has 1 fully saturated rings. The number of piperidine rings is 1. The Balaban J connectivity index is 2.14. The third kappa shape index (κ3) is 2.93. The van der Waals surface area contributed by atoms with E-state index < -0.39 is 0 Å². The van der Waals surface area contributed by atoms with Crippen molar-refractivity contribution in [2.45, 2.75) is 25.3 Å². The second kappa shape index (κ2) is 6.14. The van der Waals surface area contributed by atoms with Crippen LogP contribution in [0.5, 0.6) is 0 Å². The Labute approximate surface area is 119 Å². The summed E-state index contributed by atoms with van der Waals surface area (Å²) in [5, 5.41) is 0.745. The number of ether oxygens (including phenoxy) is 1. The molecule has 1 heterocycles. The van der Waals surface area contributed by atoms with E-state index in [-0.39, 0.29) is 0 Å². The van der Waals surface area contributed by atoms with Crippen molar-refractivity contribution in [1.29, 1.82) is 0 Å². The molecule has 1 aromatic rings. The third-order valence-electron chi connectivity index (χ3n) is 3.74. The maximum absolute atomic E-state index is 6.21. The summed E-state index contributed by atoms with van der Waals surface area (Å²) in [6.07, 6.45) is 1.44. The monoisotopic (exact) mass is 287 g/mol. The smallest absolute Gasteiger partial charge is 0.0772 e. The van der Waals surface area contributed by atoms with Gasteiger partial charge in [0.2, 0.25) is 0 Å². The van der Waals surface area contributed by atoms with Crippen molar-refractivity contribution < 1.29 is 4.74 Å². The highest BCUT2D eigenvalue weighted by molar-refractivity contribution is 6.32. The molecule has 18 heavy (non-hydrogen) atoms. The molecule has 0 aromatic heterocycles. The summed E-state index contributed by atoms with van der Waals surface area (Å²) >= 11 is 12.0. The van der Waals surface area contributed by atoms with Gasteiger partial charge in [-0.05, 0) is 30.0 Å². The Kier molecular flexibility index (Phi) is 4.77. The summed E-state index contributed by atoms with van der Waals surface area (Å²) in [6.45, 7) is 4.22. The molecule has 0 bridgehead atoms. The van der Waals surface area contributed by atoms with Gasteiger partial charge in [-0.3, -0.25) is 0 Å². The van der Waals surface area contributed by atoms with Crippen molar-refractivity contribution in [3.05, 3.63) is 28.8 Å². The van der Waals surface area contributed by atoms with Gasteiger partial charge in [0, 0.05) is 36.8 Å². The first-order valence-corrected chi connectivity index (χ1v) is 7.19. The average Bonchev–Trinajstić information content (AvgIpc) is 2.39. The maximum Gasteiger partial charge on any atom is 0.0772 e. The number of rotatable bonds is 3. The van der Waals surface area contributed by atoms with E-state index in [1.165, 1.54) is 0 Å². The molecule has 1 aliphatic rings. The molecule has 0 aliphatic carbocycles. The van der Waals surface area contributed by atoms with Crippen LogP contribution >= 0.6 is 23.2 Å². The van der Waals surface area contributed by atoms with Crippen LogP contribution in [0.3, 0.4) is 0 Å². The van der Waals surface area contributed by atoms with Crippen LogP contribution in [0.15, 0.2) is 18.2 Å². The molecule has 1 saturated heterocycles. The van der Waals surface area contributed by atoms with Gasteiger partial charge in [0.25, 0.3) is 0 Å². The number of methoxy groups -OCH3 is 1. The highest BCUT2D eigenvalue weighted by Crippen LogP contribution is 2.29. The van der Waals surface area contributed by atoms with Crippen LogP contribution in [0.1, 0.15) is 18.9 Å². The summed E-state index contributed by atoms with van der Waals surface area (Å²) in [4.78, 5) is 2.33. The summed E-state index contributed by atoms with van der Waals surface area (Å²) < 4.78 is 5.53. The Morgan fingerprint density at radius 3 is 2.83 bits per heavy atom. The van der Waals surface area contributed by atoms with Crippen LogP contribution in [0.25, 0.3) is 0 Å². The second-order valence-electron chi connectivity index (χ2n) is 4.90. The highest BCUT2D eigenvalue weighted by atomic mass is 35.5. The van der Waals surface area contributed by atoms with Crippen molar-refractivity contribution in [2.75, 3.05) is 25.1 Å². The lowest BCUT2D eigenvalue weighted by molar-refractivity contribution is 0.0498. The van der Waals surface area contributed by atoms with Crippen LogP contribution < -0.4 is 4.90 Å². The molecule has 0 N–H and O–H groups in total. The zero-order chi connectivity index (χ0) is 13.1. The van der Waals surface area contributed by atoms with Gasteiger partial charge in [0.15, 0.2) is 0 Å². The lowest BCUT2D eigenvalue weighted by Gasteiger charge is -2.37. The fraction of sp³-hybridized carbons (Fsp3) is 0.571. The van der Waals surface area contributed by atoms with Crippen LogP contribution in [0.4, 0.5) is 5.69 Å². The number of benzene rings is 1. The predicted octanol–water partition coefficient (Wildman–Crippen LogP) is 3.94. The van der Waals surface area contributed by atoms with E-state index in [4.69, 9.17) is 27.9 Å². The van der Waals surface area contributed by atoms with Crippen molar-refractivity contribution >= 4 is 28.9 Å². The predicted molar refractivity (Wildman–Crippen MR) is 77.8 cm³/mol. The molecule has 0 amide bonds. The Morgan fingerprint density at radius 2 is 2.22 bits per heavy atom. The summed E-state index contributed by atoms with van der Waals surface area (Å²) in [5.74, 6) is 1.07. The molecule has 4 heteroatoms. The van der Waals surface area contributed by atoms with Gasteiger partial charge in [-0.1, -0.05) is 24.6 Å². The second-order valence-corrected chi connectivity index (χ2v) is 5.57. The van der Waals surface area contributed by atoms with E-state index in [1.807, 2.05) is 12.1 Å². The minimum atomic E-state index is 0.297. The highest BCUT2D eigenvalue weighted by Gasteiger charge is 2.26. The van der Waals surface area contributed by atoms with Crippen LogP contribution in [0.2, 0.25) is 5.02 Å². The molecule has 2 atom stereocenters. The molecule has 0 spiro atoms. The van der Waals surface area contributed by atoms with E-state index in [2.05, 4.69) is 17.9 Å². The standard InChI is InChI=1S/C14H19Cl2NO/c1-10-5-6-17(9-14(10)18-2)12-4-3-11(8-15)13(16)7-12/h3-4,7,10,14H,5-6,8-9H2,1-2H3. The number of hydrogen-bond donors (Lipinski definition) is 0. The average molecular weight is 288 g/mol. The minimum Gasteiger partial charge on any atom is -0.379 e. The van der Waals surface area contributed by atoms with Gasteiger partial charge in [0.1, 0.15) is 0 Å². The zero-order valence-corrected chi connectivity index (χ0v) is 12.3. The van der Waals surface area contributed by atoms with Crippen LogP contribution in [0, 0.1) is 5.92 Å². The normalized spacial score (nSPS) is 24.3. The number of nitrogens with zero attached hydrogens (tertiary/aromatic N) is 1. The SMILES string of the molecule is COC1CN(c2ccc(CCl)c(Cl)c2)CCC1C. The van der Waals surface area contributed by atoms with Gasteiger partial charge in [-0.25, -0.2) is 0 Å². The van der Waals surface area contributed by atoms with E-state index in [0.29, 0.717) is 17.9 Å². The van der Waals surface area contributed by atoms with E-state index >= 15 is 0 Å². The number of halogens is 2. The first-order chi connectivity index (χ1) is 8.65. The first kappa shape index (κ1) is 14.0. The molecule has 2 rings (SSSR count). The lowest BCUT2D eigenvalue weighted by Crippen LogP contribution is -2.43. The van der Waals surface area contributed by atoms with E-state index in [0.717, 1.165) is 35.8 Å². The fourth-order valence-electron chi connectivity index (χ4n) is 2.42. The molecule has 100 valence electrons. The van der Waals surface area contributed by atoms with Gasteiger partial charge in [0.05, 0.1) is 6.10 Å². The lowest BCUT2D eigenvalue weighted by atomic mass is 9.95. The minimum absolute atomic E-state index is 0.297. The fourth-order valence-corrected chi connectivity index (χ4v) is 2.96. The Hall–Kier alpha value is -0.440. The molecular weight excluding hydrogens is 269 g/mol. The molecular formula is C14H19Cl2NO. The molecule has 0 radical (unpaired) electrons. The zero-order valence-electron chi connectivity index (χ0n) is 10.8. The van der Waals surface area contributed by atoms with E-state index in [1.54, 1.807) is 7.11 Å². The maximum atomic E-state index is 6.21. The summed E-state index contributed by atoms with van der Waals surface area (Å²) in [7, 11) is 1.79. The molecule has 1 aromatic carbocycles. The van der Waals surface area contributed by atoms with Crippen molar-refractivity contribution in [1.82, 2.24) is 0 Å². The van der Waals surface area contributed by atoms with Crippen molar-refractivity contribution in [3.8, 4) is 0 Å². The summed E-state index contributed by atoms with van der Waals surface area (Å²) in [5.41, 5.74) is 2.14.